The Balaban J connectivity index is 1.39. The van der Waals surface area contributed by atoms with E-state index in [-0.39, 0.29) is 6.10 Å². The summed E-state index contributed by atoms with van der Waals surface area (Å²) in [7, 11) is 1.67. The Morgan fingerprint density at radius 1 is 1.00 bits per heavy atom. The van der Waals surface area contributed by atoms with E-state index in [4.69, 9.17) is 24.2 Å². The zero-order valence-electron chi connectivity index (χ0n) is 20.6. The molecule has 2 fully saturated rings. The lowest BCUT2D eigenvalue weighted by molar-refractivity contribution is 0.0529. The number of ether oxygens (including phenoxy) is 3. The second-order valence-electron chi connectivity index (χ2n) is 9.31. The molecule has 2 atom stereocenters. The van der Waals surface area contributed by atoms with E-state index < -0.39 is 0 Å². The maximum absolute atomic E-state index is 6.20. The maximum Gasteiger partial charge on any atom is 0.230 e. The van der Waals surface area contributed by atoms with Gasteiger partial charge in [0.1, 0.15) is 18.2 Å². The van der Waals surface area contributed by atoms with Gasteiger partial charge in [-0.3, -0.25) is 0 Å². The first-order valence-electron chi connectivity index (χ1n) is 12.5. The third-order valence-corrected chi connectivity index (χ3v) is 6.74. The van der Waals surface area contributed by atoms with Crippen LogP contribution in [0.25, 0.3) is 0 Å². The summed E-state index contributed by atoms with van der Waals surface area (Å²) in [6.07, 6.45) is 3.44. The van der Waals surface area contributed by atoms with Crippen molar-refractivity contribution < 1.29 is 14.2 Å². The van der Waals surface area contributed by atoms with E-state index in [1.54, 1.807) is 7.11 Å². The van der Waals surface area contributed by atoms with Crippen LogP contribution in [0.1, 0.15) is 30.9 Å². The van der Waals surface area contributed by atoms with Crippen molar-refractivity contribution in [2.45, 2.75) is 44.9 Å². The number of aromatic nitrogens is 2. The van der Waals surface area contributed by atoms with Gasteiger partial charge in [0.05, 0.1) is 19.8 Å². The summed E-state index contributed by atoms with van der Waals surface area (Å²) in [6.45, 7) is 5.81. The second-order valence-corrected chi connectivity index (χ2v) is 9.31. The van der Waals surface area contributed by atoms with Crippen LogP contribution in [-0.4, -0.2) is 55.5 Å². The van der Waals surface area contributed by atoms with E-state index in [0.717, 1.165) is 62.0 Å². The molecular weight excluding hydrogens is 440 g/mol. The first-order valence-corrected chi connectivity index (χ1v) is 12.5. The molecule has 2 saturated heterocycles. The van der Waals surface area contributed by atoms with Gasteiger partial charge in [-0.2, -0.15) is 9.97 Å². The lowest BCUT2D eigenvalue weighted by Crippen LogP contribution is -2.42. The van der Waals surface area contributed by atoms with Gasteiger partial charge in [-0.15, -0.1) is 0 Å². The minimum absolute atomic E-state index is 0.170. The zero-order chi connectivity index (χ0) is 24.0. The van der Waals surface area contributed by atoms with Crippen LogP contribution in [0.15, 0.2) is 60.7 Å². The number of benzene rings is 2. The van der Waals surface area contributed by atoms with Gasteiger partial charge < -0.3 is 24.0 Å². The van der Waals surface area contributed by atoms with Crippen LogP contribution in [0.5, 0.6) is 11.6 Å². The molecule has 7 heteroatoms. The molecule has 5 rings (SSSR count). The third kappa shape index (κ3) is 5.85. The minimum atomic E-state index is 0.170. The van der Waals surface area contributed by atoms with Gasteiger partial charge in [-0.1, -0.05) is 42.5 Å². The Hall–Kier alpha value is -3.32. The van der Waals surface area contributed by atoms with E-state index in [1.165, 1.54) is 5.56 Å². The number of anilines is 2. The van der Waals surface area contributed by atoms with E-state index in [2.05, 4.69) is 47.1 Å². The predicted molar refractivity (Wildman–Crippen MR) is 137 cm³/mol. The highest BCUT2D eigenvalue weighted by Gasteiger charge is 2.29. The Morgan fingerprint density at radius 3 is 2.60 bits per heavy atom. The number of hydrogen-bond donors (Lipinski definition) is 0. The van der Waals surface area contributed by atoms with Gasteiger partial charge in [0.15, 0.2) is 0 Å². The van der Waals surface area contributed by atoms with Gasteiger partial charge in [0, 0.05) is 31.7 Å². The van der Waals surface area contributed by atoms with Crippen molar-refractivity contribution in [2.75, 3.05) is 43.2 Å². The smallest absolute Gasteiger partial charge is 0.230 e. The molecule has 0 spiro atoms. The molecule has 2 aliphatic rings. The average molecular weight is 475 g/mol. The van der Waals surface area contributed by atoms with Gasteiger partial charge >= 0.3 is 0 Å². The Morgan fingerprint density at radius 2 is 1.83 bits per heavy atom. The van der Waals surface area contributed by atoms with Crippen LogP contribution in [0, 0.1) is 0 Å². The van der Waals surface area contributed by atoms with Crippen molar-refractivity contribution >= 4 is 11.8 Å². The molecule has 184 valence electrons. The van der Waals surface area contributed by atoms with Crippen molar-refractivity contribution in [2.24, 2.45) is 0 Å². The topological polar surface area (TPSA) is 60.0 Å². The summed E-state index contributed by atoms with van der Waals surface area (Å²) in [5.41, 5.74) is 2.41. The predicted octanol–water partition coefficient (Wildman–Crippen LogP) is 4.50. The first-order chi connectivity index (χ1) is 17.2. The van der Waals surface area contributed by atoms with Crippen LogP contribution < -0.4 is 19.3 Å². The summed E-state index contributed by atoms with van der Waals surface area (Å²) >= 11 is 0. The maximum atomic E-state index is 6.20. The molecule has 0 N–H and O–H groups in total. The van der Waals surface area contributed by atoms with Crippen molar-refractivity contribution in [1.29, 1.82) is 0 Å². The number of nitrogens with zero attached hydrogens (tertiary/aromatic N) is 4. The summed E-state index contributed by atoms with van der Waals surface area (Å²) in [6, 6.07) is 21.0. The molecule has 3 aromatic rings. The minimum Gasteiger partial charge on any atom is -0.497 e. The molecule has 2 aliphatic heterocycles. The van der Waals surface area contributed by atoms with Crippen LogP contribution in [0.2, 0.25) is 0 Å². The van der Waals surface area contributed by atoms with E-state index in [9.17, 15) is 0 Å². The van der Waals surface area contributed by atoms with Crippen LogP contribution in [0.3, 0.4) is 0 Å². The van der Waals surface area contributed by atoms with E-state index in [1.807, 2.05) is 30.3 Å². The first kappa shape index (κ1) is 23.4. The molecule has 0 radical (unpaired) electrons. The van der Waals surface area contributed by atoms with Crippen molar-refractivity contribution in [3.05, 3.63) is 71.8 Å². The molecule has 2 aromatic carbocycles. The monoisotopic (exact) mass is 474 g/mol. The van der Waals surface area contributed by atoms with Crippen molar-refractivity contribution in [3.8, 4) is 11.6 Å². The average Bonchev–Trinajstić information content (AvgIpc) is 3.36. The largest absolute Gasteiger partial charge is 0.497 e. The standard InChI is InChI=1S/C28H34N4O3/c1-21-19-31(15-16-34-21)26-18-27(35-20-23-10-12-25(33-2)13-11-23)30-28(29-26)32-14-6-9-24(32)17-22-7-4-3-5-8-22/h3-5,7-8,10-13,18,21,24H,6,9,14-17,19-20H2,1-2H3/t21-,24?/m0/s1. The van der Waals surface area contributed by atoms with Gasteiger partial charge in [0.25, 0.3) is 0 Å². The highest BCUT2D eigenvalue weighted by Crippen LogP contribution is 2.30. The normalized spacial score (nSPS) is 20.2. The van der Waals surface area contributed by atoms with Crippen LogP contribution in [0.4, 0.5) is 11.8 Å². The van der Waals surface area contributed by atoms with Crippen molar-refractivity contribution in [1.82, 2.24) is 9.97 Å². The number of methoxy groups -OCH3 is 1. The highest BCUT2D eigenvalue weighted by atomic mass is 16.5. The second kappa shape index (κ2) is 11.0. The van der Waals surface area contributed by atoms with E-state index >= 15 is 0 Å². The summed E-state index contributed by atoms with van der Waals surface area (Å²) < 4.78 is 17.2. The molecule has 1 unspecified atom stereocenters. The summed E-state index contributed by atoms with van der Waals surface area (Å²) in [5, 5.41) is 0. The number of hydrogen-bond acceptors (Lipinski definition) is 7. The number of morpholine rings is 1. The molecule has 0 bridgehead atoms. The molecular formula is C28H34N4O3. The fraction of sp³-hybridized carbons (Fsp3) is 0.429. The number of rotatable bonds is 8. The quantitative estimate of drug-likeness (QED) is 0.476. The third-order valence-electron chi connectivity index (χ3n) is 6.74. The SMILES string of the molecule is COc1ccc(COc2cc(N3CCO[C@@H](C)C3)nc(N3CCCC3Cc3ccccc3)n2)cc1. The molecule has 7 nitrogen and oxygen atoms in total. The molecule has 35 heavy (non-hydrogen) atoms. The molecule has 0 saturated carbocycles. The highest BCUT2D eigenvalue weighted by molar-refractivity contribution is 5.49. The van der Waals surface area contributed by atoms with Crippen LogP contribution >= 0.6 is 0 Å². The fourth-order valence-corrected chi connectivity index (χ4v) is 4.87. The van der Waals surface area contributed by atoms with Gasteiger partial charge in [-0.25, -0.2) is 0 Å². The zero-order valence-corrected chi connectivity index (χ0v) is 20.6. The van der Waals surface area contributed by atoms with Gasteiger partial charge in [0.2, 0.25) is 11.8 Å². The molecule has 1 aromatic heterocycles. The fourth-order valence-electron chi connectivity index (χ4n) is 4.87. The van der Waals surface area contributed by atoms with Crippen molar-refractivity contribution in [3.63, 3.8) is 0 Å². The summed E-state index contributed by atoms with van der Waals surface area (Å²) in [5.74, 6) is 3.09. The lowest BCUT2D eigenvalue weighted by atomic mass is 10.0. The Kier molecular flexibility index (Phi) is 7.33. The summed E-state index contributed by atoms with van der Waals surface area (Å²) in [4.78, 5) is 14.6. The van der Waals surface area contributed by atoms with E-state index in [0.29, 0.717) is 25.1 Å². The van der Waals surface area contributed by atoms with Gasteiger partial charge in [-0.05, 0) is 49.4 Å². The molecule has 0 amide bonds. The molecule has 0 aliphatic carbocycles. The molecule has 3 heterocycles. The lowest BCUT2D eigenvalue weighted by Gasteiger charge is -2.33. The van der Waals surface area contributed by atoms with Crippen LogP contribution in [-0.2, 0) is 17.8 Å². The Bertz CT molecular complexity index is 1090. The Labute approximate surface area is 207 Å².